The van der Waals surface area contributed by atoms with Gasteiger partial charge in [0.05, 0.1) is 22.7 Å². The molecule has 1 aromatic carbocycles. The van der Waals surface area contributed by atoms with E-state index < -0.39 is 0 Å². The van der Waals surface area contributed by atoms with Gasteiger partial charge >= 0.3 is 0 Å². The van der Waals surface area contributed by atoms with E-state index in [2.05, 4.69) is 20.9 Å². The lowest BCUT2D eigenvalue weighted by Crippen LogP contribution is -1.97. The van der Waals surface area contributed by atoms with Crippen LogP contribution in [-0.2, 0) is 0 Å². The van der Waals surface area contributed by atoms with Crippen molar-refractivity contribution in [2.75, 3.05) is 13.2 Å². The molecule has 0 saturated carbocycles. The molecular formula is C13H12BrNO2S. The highest BCUT2D eigenvalue weighted by molar-refractivity contribution is 9.11. The summed E-state index contributed by atoms with van der Waals surface area (Å²) in [6, 6.07) is 5.99. The Labute approximate surface area is 118 Å². The maximum atomic E-state index is 5.69. The van der Waals surface area contributed by atoms with E-state index in [1.54, 1.807) is 11.3 Å². The molecule has 0 N–H and O–H groups in total. The lowest BCUT2D eigenvalue weighted by Gasteiger charge is -2.07. The Morgan fingerprint density at radius 3 is 2.72 bits per heavy atom. The van der Waals surface area contributed by atoms with Crippen LogP contribution in [0.4, 0.5) is 0 Å². The van der Waals surface area contributed by atoms with Gasteiger partial charge in [-0.05, 0) is 41.1 Å². The third-order valence-corrected chi connectivity index (χ3v) is 4.79. The molecular weight excluding hydrogens is 314 g/mol. The van der Waals surface area contributed by atoms with Crippen molar-refractivity contribution < 1.29 is 9.47 Å². The number of aromatic nitrogens is 1. The molecule has 0 amide bonds. The normalized spacial score (nSPS) is 14.3. The topological polar surface area (TPSA) is 31.4 Å². The van der Waals surface area contributed by atoms with E-state index in [1.807, 2.05) is 25.1 Å². The molecule has 0 atom stereocenters. The Bertz CT molecular complexity index is 563. The monoisotopic (exact) mass is 325 g/mol. The summed E-state index contributed by atoms with van der Waals surface area (Å²) in [6.45, 7) is 3.42. The van der Waals surface area contributed by atoms with Crippen LogP contribution in [0.3, 0.4) is 0 Å². The summed E-state index contributed by atoms with van der Waals surface area (Å²) in [6.07, 6.45) is 0.923. The van der Waals surface area contributed by atoms with Crippen LogP contribution in [-0.4, -0.2) is 18.2 Å². The first kappa shape index (κ1) is 12.0. The van der Waals surface area contributed by atoms with E-state index in [0.717, 1.165) is 38.0 Å². The number of aryl methyl sites for hydroxylation is 1. The quantitative estimate of drug-likeness (QED) is 0.792. The van der Waals surface area contributed by atoms with Crippen LogP contribution >= 0.6 is 27.3 Å². The number of hydrogen-bond acceptors (Lipinski definition) is 4. The molecule has 0 spiro atoms. The Morgan fingerprint density at radius 1 is 1.22 bits per heavy atom. The second-order valence-corrected chi connectivity index (χ2v) is 6.41. The van der Waals surface area contributed by atoms with Gasteiger partial charge in [0.2, 0.25) is 0 Å². The molecule has 3 rings (SSSR count). The zero-order valence-corrected chi connectivity index (χ0v) is 12.3. The second-order valence-electron chi connectivity index (χ2n) is 4.09. The summed E-state index contributed by atoms with van der Waals surface area (Å²) >= 11 is 5.13. The first-order valence-corrected chi connectivity index (χ1v) is 7.38. The summed E-state index contributed by atoms with van der Waals surface area (Å²) in [5, 5.41) is 0.995. The molecule has 0 saturated heterocycles. The largest absolute Gasteiger partial charge is 0.490 e. The maximum Gasteiger partial charge on any atom is 0.161 e. The smallest absolute Gasteiger partial charge is 0.161 e. The molecule has 2 heterocycles. The third-order valence-electron chi connectivity index (χ3n) is 2.73. The van der Waals surface area contributed by atoms with E-state index >= 15 is 0 Å². The van der Waals surface area contributed by atoms with E-state index in [-0.39, 0.29) is 0 Å². The molecule has 0 unspecified atom stereocenters. The van der Waals surface area contributed by atoms with Crippen LogP contribution < -0.4 is 9.47 Å². The minimum Gasteiger partial charge on any atom is -0.490 e. The van der Waals surface area contributed by atoms with Gasteiger partial charge in [-0.25, -0.2) is 4.98 Å². The highest BCUT2D eigenvalue weighted by atomic mass is 79.9. The number of rotatable bonds is 1. The summed E-state index contributed by atoms with van der Waals surface area (Å²) < 4.78 is 12.4. The Kier molecular flexibility index (Phi) is 3.26. The van der Waals surface area contributed by atoms with Crippen LogP contribution in [0.15, 0.2) is 22.0 Å². The molecule has 1 aliphatic heterocycles. The van der Waals surface area contributed by atoms with Crippen LogP contribution in [0, 0.1) is 6.92 Å². The zero-order valence-electron chi connectivity index (χ0n) is 9.90. The molecule has 1 aromatic heterocycles. The van der Waals surface area contributed by atoms with Crippen molar-refractivity contribution in [1.82, 2.24) is 4.98 Å². The molecule has 0 aliphatic carbocycles. The van der Waals surface area contributed by atoms with Crippen molar-refractivity contribution in [2.24, 2.45) is 0 Å². The summed E-state index contributed by atoms with van der Waals surface area (Å²) in [4.78, 5) is 4.53. The Hall–Kier alpha value is -1.07. The number of hydrogen-bond donors (Lipinski definition) is 0. The minimum absolute atomic E-state index is 0.705. The van der Waals surface area contributed by atoms with Crippen LogP contribution in [0.1, 0.15) is 12.1 Å². The van der Waals surface area contributed by atoms with Gasteiger partial charge in [-0.15, -0.1) is 11.3 Å². The highest BCUT2D eigenvalue weighted by Crippen LogP contribution is 2.37. The van der Waals surface area contributed by atoms with Crippen molar-refractivity contribution >= 4 is 27.3 Å². The lowest BCUT2D eigenvalue weighted by atomic mass is 10.2. The number of ether oxygens (including phenoxy) is 2. The average Bonchev–Trinajstić information content (AvgIpc) is 2.60. The van der Waals surface area contributed by atoms with Gasteiger partial charge in [-0.1, -0.05) is 0 Å². The van der Waals surface area contributed by atoms with Gasteiger partial charge in [0, 0.05) is 12.0 Å². The standard InChI is InChI=1S/C13H12BrNO2S/c1-8-12(14)18-13(15-8)9-3-4-10-11(7-9)17-6-2-5-16-10/h3-4,7H,2,5-6H2,1H3. The predicted octanol–water partition coefficient (Wildman–Crippen LogP) is 4.04. The number of benzene rings is 1. The predicted molar refractivity (Wildman–Crippen MR) is 75.6 cm³/mol. The first-order valence-electron chi connectivity index (χ1n) is 5.77. The van der Waals surface area contributed by atoms with Crippen LogP contribution in [0.5, 0.6) is 11.5 Å². The van der Waals surface area contributed by atoms with E-state index in [0.29, 0.717) is 13.2 Å². The van der Waals surface area contributed by atoms with Crippen LogP contribution in [0.25, 0.3) is 10.6 Å². The second kappa shape index (κ2) is 4.90. The van der Waals surface area contributed by atoms with Gasteiger partial charge in [-0.3, -0.25) is 0 Å². The van der Waals surface area contributed by atoms with Crippen molar-refractivity contribution in [3.05, 3.63) is 27.7 Å². The highest BCUT2D eigenvalue weighted by Gasteiger charge is 2.13. The lowest BCUT2D eigenvalue weighted by molar-refractivity contribution is 0.297. The van der Waals surface area contributed by atoms with Crippen molar-refractivity contribution in [3.8, 4) is 22.1 Å². The molecule has 0 fully saturated rings. The fourth-order valence-corrected chi connectivity index (χ4v) is 3.14. The molecule has 0 bridgehead atoms. The van der Waals surface area contributed by atoms with Gasteiger partial charge in [0.25, 0.3) is 0 Å². The molecule has 5 heteroatoms. The fourth-order valence-electron chi connectivity index (χ4n) is 1.80. The van der Waals surface area contributed by atoms with Crippen LogP contribution in [0.2, 0.25) is 0 Å². The van der Waals surface area contributed by atoms with Crippen molar-refractivity contribution in [2.45, 2.75) is 13.3 Å². The van der Waals surface area contributed by atoms with E-state index in [9.17, 15) is 0 Å². The van der Waals surface area contributed by atoms with Crippen molar-refractivity contribution in [3.63, 3.8) is 0 Å². The molecule has 94 valence electrons. The number of fused-ring (bicyclic) bond motifs is 1. The zero-order chi connectivity index (χ0) is 12.5. The first-order chi connectivity index (χ1) is 8.74. The molecule has 0 radical (unpaired) electrons. The number of halogens is 1. The third kappa shape index (κ3) is 2.24. The SMILES string of the molecule is Cc1nc(-c2ccc3c(c2)OCCCO3)sc1Br. The summed E-state index contributed by atoms with van der Waals surface area (Å²) in [7, 11) is 0. The van der Waals surface area contributed by atoms with Gasteiger partial charge in [-0.2, -0.15) is 0 Å². The molecule has 3 nitrogen and oxygen atoms in total. The Morgan fingerprint density at radius 2 is 2.00 bits per heavy atom. The average molecular weight is 326 g/mol. The summed E-state index contributed by atoms with van der Waals surface area (Å²) in [5.74, 6) is 1.64. The van der Waals surface area contributed by atoms with Gasteiger partial charge in [0.1, 0.15) is 5.01 Å². The van der Waals surface area contributed by atoms with Gasteiger partial charge in [0.15, 0.2) is 11.5 Å². The summed E-state index contributed by atoms with van der Waals surface area (Å²) in [5.41, 5.74) is 2.08. The number of nitrogens with zero attached hydrogens (tertiary/aromatic N) is 1. The number of thiazole rings is 1. The van der Waals surface area contributed by atoms with E-state index in [4.69, 9.17) is 9.47 Å². The molecule has 18 heavy (non-hydrogen) atoms. The molecule has 2 aromatic rings. The van der Waals surface area contributed by atoms with Gasteiger partial charge < -0.3 is 9.47 Å². The van der Waals surface area contributed by atoms with Crippen molar-refractivity contribution in [1.29, 1.82) is 0 Å². The maximum absolute atomic E-state index is 5.69. The Balaban J connectivity index is 2.01. The fraction of sp³-hybridized carbons (Fsp3) is 0.308. The van der Waals surface area contributed by atoms with E-state index in [1.165, 1.54) is 0 Å². The minimum atomic E-state index is 0.705. The molecule has 1 aliphatic rings.